The van der Waals surface area contributed by atoms with Crippen LogP contribution in [0.4, 0.5) is 0 Å². The molecule has 1 aromatic heterocycles. The van der Waals surface area contributed by atoms with Gasteiger partial charge in [0.1, 0.15) is 0 Å². The van der Waals surface area contributed by atoms with Crippen LogP contribution in [0.2, 0.25) is 0 Å². The zero-order chi connectivity index (χ0) is 18.0. The largest absolute Gasteiger partial charge is 0.348 e. The van der Waals surface area contributed by atoms with Crippen molar-refractivity contribution in [3.05, 3.63) is 53.4 Å². The lowest BCUT2D eigenvalue weighted by molar-refractivity contribution is -0.118. The van der Waals surface area contributed by atoms with Crippen molar-refractivity contribution in [1.29, 1.82) is 0 Å². The van der Waals surface area contributed by atoms with Gasteiger partial charge in [-0.05, 0) is 57.5 Å². The summed E-state index contributed by atoms with van der Waals surface area (Å²) in [5.74, 6) is 0.810. The lowest BCUT2D eigenvalue weighted by Crippen LogP contribution is -2.36. The predicted molar refractivity (Wildman–Crippen MR) is 99.2 cm³/mol. The fourth-order valence-electron chi connectivity index (χ4n) is 2.77. The van der Waals surface area contributed by atoms with Gasteiger partial charge in [-0.15, -0.1) is 0 Å². The molecular formula is C19H23N5O. The molecule has 6 heteroatoms. The molecule has 1 atom stereocenters. The summed E-state index contributed by atoms with van der Waals surface area (Å²) >= 11 is 0. The number of nitrogens with zero attached hydrogens (tertiary/aromatic N) is 4. The van der Waals surface area contributed by atoms with E-state index in [0.29, 0.717) is 17.5 Å². The molecule has 6 nitrogen and oxygen atoms in total. The van der Waals surface area contributed by atoms with Gasteiger partial charge in [0.25, 0.3) is 5.91 Å². The number of hydrogen-bond acceptors (Lipinski definition) is 5. The third kappa shape index (κ3) is 3.68. The fraction of sp³-hybridized carbons (Fsp3) is 0.368. The van der Waals surface area contributed by atoms with E-state index in [1.54, 1.807) is 6.20 Å². The summed E-state index contributed by atoms with van der Waals surface area (Å²) in [5, 5.41) is 3.02. The molecule has 0 aromatic carbocycles. The van der Waals surface area contributed by atoms with Gasteiger partial charge >= 0.3 is 0 Å². The number of rotatable bonds is 5. The number of allylic oxidation sites excluding steroid dienone is 2. The molecule has 0 radical (unpaired) electrons. The molecule has 2 aliphatic rings. The molecule has 1 N–H and O–H groups in total. The predicted octanol–water partition coefficient (Wildman–Crippen LogP) is 2.50. The van der Waals surface area contributed by atoms with E-state index in [9.17, 15) is 4.79 Å². The van der Waals surface area contributed by atoms with Crippen molar-refractivity contribution in [3.8, 4) is 0 Å². The molecule has 0 spiro atoms. The topological polar surface area (TPSA) is 70.0 Å². The van der Waals surface area contributed by atoms with Gasteiger partial charge in [-0.1, -0.05) is 6.07 Å². The van der Waals surface area contributed by atoms with Crippen LogP contribution in [0.5, 0.6) is 0 Å². The molecule has 1 saturated carbocycles. The van der Waals surface area contributed by atoms with Crippen molar-refractivity contribution in [2.75, 3.05) is 7.05 Å². The van der Waals surface area contributed by atoms with Crippen LogP contribution in [0.15, 0.2) is 57.7 Å². The number of carbonyl (C=O) groups excluding carboxylic acids is 1. The van der Waals surface area contributed by atoms with Crippen LogP contribution in [0, 0.1) is 5.92 Å². The highest BCUT2D eigenvalue weighted by Crippen LogP contribution is 2.32. The fourth-order valence-corrected chi connectivity index (χ4v) is 2.77. The Morgan fingerprint density at radius 2 is 2.20 bits per heavy atom. The van der Waals surface area contributed by atoms with Crippen LogP contribution >= 0.6 is 0 Å². The average molecular weight is 337 g/mol. The lowest BCUT2D eigenvalue weighted by Gasteiger charge is -2.26. The van der Waals surface area contributed by atoms with E-state index < -0.39 is 0 Å². The number of pyridine rings is 1. The number of nitrogens with one attached hydrogen (secondary N) is 1. The van der Waals surface area contributed by atoms with Crippen molar-refractivity contribution in [3.63, 3.8) is 0 Å². The molecule has 130 valence electrons. The summed E-state index contributed by atoms with van der Waals surface area (Å²) in [4.78, 5) is 27.5. The van der Waals surface area contributed by atoms with Crippen LogP contribution < -0.4 is 5.32 Å². The molecule has 2 heterocycles. The molecule has 25 heavy (non-hydrogen) atoms. The first-order valence-corrected chi connectivity index (χ1v) is 8.45. The van der Waals surface area contributed by atoms with Crippen LogP contribution in [0.3, 0.4) is 0 Å². The maximum absolute atomic E-state index is 12.7. The van der Waals surface area contributed by atoms with E-state index in [4.69, 9.17) is 0 Å². The third-order valence-electron chi connectivity index (χ3n) is 4.62. The van der Waals surface area contributed by atoms with Crippen LogP contribution in [-0.2, 0) is 4.79 Å². The van der Waals surface area contributed by atoms with E-state index in [0.717, 1.165) is 11.4 Å². The molecule has 1 aliphatic carbocycles. The van der Waals surface area contributed by atoms with E-state index in [2.05, 4.69) is 27.0 Å². The number of amides is 1. The molecule has 3 rings (SSSR count). The van der Waals surface area contributed by atoms with Gasteiger partial charge in [0.2, 0.25) is 0 Å². The highest BCUT2D eigenvalue weighted by molar-refractivity contribution is 6.09. The number of aromatic nitrogens is 1. The molecule has 1 fully saturated rings. The standard InChI is InChI=1S/C19H23N5O/c1-12-11-16(15-7-5-6-10-21-15)23-18(24(12)4)17(20-3)19(25)22-13(2)14-8-9-14/h5-7,10-11,13-14H,3,8-9H2,1-2,4H3,(H,22,25)/b18-17-. The van der Waals surface area contributed by atoms with Gasteiger partial charge in [0.05, 0.1) is 11.4 Å². The quantitative estimate of drug-likeness (QED) is 0.663. The van der Waals surface area contributed by atoms with Gasteiger partial charge in [-0.2, -0.15) is 0 Å². The molecular weight excluding hydrogens is 314 g/mol. The minimum atomic E-state index is -0.241. The van der Waals surface area contributed by atoms with Crippen molar-refractivity contribution in [2.45, 2.75) is 32.7 Å². The van der Waals surface area contributed by atoms with Crippen molar-refractivity contribution < 1.29 is 4.79 Å². The van der Waals surface area contributed by atoms with Gasteiger partial charge in [-0.3, -0.25) is 14.8 Å². The summed E-state index contributed by atoms with van der Waals surface area (Å²) in [7, 11) is 1.86. The minimum Gasteiger partial charge on any atom is -0.348 e. The van der Waals surface area contributed by atoms with Gasteiger partial charge in [-0.25, -0.2) is 4.99 Å². The van der Waals surface area contributed by atoms with E-state index >= 15 is 0 Å². The Morgan fingerprint density at radius 3 is 2.80 bits per heavy atom. The summed E-state index contributed by atoms with van der Waals surface area (Å²) in [5.41, 5.74) is 2.64. The minimum absolute atomic E-state index is 0.134. The SMILES string of the molecule is C=N/C(C(=O)NC(C)C1CC1)=C1/N=C(c2ccccn2)C=C(C)N1C. The van der Waals surface area contributed by atoms with E-state index in [1.165, 1.54) is 12.8 Å². The van der Waals surface area contributed by atoms with Crippen molar-refractivity contribution >= 4 is 18.3 Å². The van der Waals surface area contributed by atoms with E-state index in [-0.39, 0.29) is 17.6 Å². The monoisotopic (exact) mass is 337 g/mol. The first-order chi connectivity index (χ1) is 12.0. The number of aliphatic imine (C=N–C) groups is 2. The molecule has 1 aromatic rings. The zero-order valence-corrected chi connectivity index (χ0v) is 14.9. The molecule has 1 aliphatic heterocycles. The second-order valence-corrected chi connectivity index (χ2v) is 6.49. The zero-order valence-electron chi connectivity index (χ0n) is 14.9. The highest BCUT2D eigenvalue weighted by atomic mass is 16.2. The Kier molecular flexibility index (Phi) is 4.79. The Balaban J connectivity index is 1.96. The van der Waals surface area contributed by atoms with Crippen molar-refractivity contribution in [1.82, 2.24) is 15.2 Å². The normalized spacial score (nSPS) is 20.4. The molecule has 1 unspecified atom stereocenters. The van der Waals surface area contributed by atoms with Gasteiger partial charge in [0.15, 0.2) is 11.5 Å². The summed E-state index contributed by atoms with van der Waals surface area (Å²) in [6.07, 6.45) is 5.99. The van der Waals surface area contributed by atoms with Crippen molar-refractivity contribution in [2.24, 2.45) is 15.9 Å². The summed E-state index contributed by atoms with van der Waals surface area (Å²) in [6, 6.07) is 5.79. The lowest BCUT2D eigenvalue weighted by atomic mass is 10.1. The second-order valence-electron chi connectivity index (χ2n) is 6.49. The Bertz CT molecular complexity index is 774. The second kappa shape index (κ2) is 7.01. The van der Waals surface area contributed by atoms with Crippen LogP contribution in [0.25, 0.3) is 0 Å². The highest BCUT2D eigenvalue weighted by Gasteiger charge is 2.31. The average Bonchev–Trinajstić information content (AvgIpc) is 3.45. The van der Waals surface area contributed by atoms with Gasteiger partial charge < -0.3 is 10.2 Å². The molecule has 0 saturated heterocycles. The first-order valence-electron chi connectivity index (χ1n) is 8.45. The Hall–Kier alpha value is -2.76. The Labute approximate surface area is 148 Å². The molecule has 1 amide bonds. The molecule has 0 bridgehead atoms. The summed E-state index contributed by atoms with van der Waals surface area (Å²) in [6.45, 7) is 7.57. The number of carbonyl (C=O) groups is 1. The smallest absolute Gasteiger partial charge is 0.273 e. The van der Waals surface area contributed by atoms with Gasteiger partial charge in [0, 0.05) is 25.0 Å². The first kappa shape index (κ1) is 17.1. The maximum atomic E-state index is 12.7. The van der Waals surface area contributed by atoms with E-state index in [1.807, 2.05) is 50.1 Å². The van der Waals surface area contributed by atoms with Crippen LogP contribution in [0.1, 0.15) is 32.4 Å². The number of hydrogen-bond donors (Lipinski definition) is 1. The Morgan fingerprint density at radius 1 is 1.44 bits per heavy atom. The van der Waals surface area contributed by atoms with Crippen LogP contribution in [-0.4, -0.2) is 41.3 Å². The third-order valence-corrected chi connectivity index (χ3v) is 4.62. The summed E-state index contributed by atoms with van der Waals surface area (Å²) < 4.78 is 0. The maximum Gasteiger partial charge on any atom is 0.273 e.